The van der Waals surface area contributed by atoms with Gasteiger partial charge in [0.15, 0.2) is 5.16 Å². The molecule has 0 saturated carbocycles. The van der Waals surface area contributed by atoms with Crippen molar-refractivity contribution in [2.45, 2.75) is 10.2 Å². The molecule has 9 heteroatoms. The molecule has 0 spiro atoms. The normalized spacial score (nSPS) is 10.6. The molecule has 0 radical (unpaired) electrons. The van der Waals surface area contributed by atoms with Crippen molar-refractivity contribution in [1.82, 2.24) is 34.7 Å². The summed E-state index contributed by atoms with van der Waals surface area (Å²) in [6, 6.07) is 5.58. The summed E-state index contributed by atoms with van der Waals surface area (Å²) in [5.74, 6) is 0.316. The van der Waals surface area contributed by atoms with E-state index in [-0.39, 0.29) is 5.28 Å². The van der Waals surface area contributed by atoms with Crippen molar-refractivity contribution in [3.05, 3.63) is 42.3 Å². The Morgan fingerprint density at radius 2 is 2.11 bits per heavy atom. The maximum Gasteiger partial charge on any atom is 0.257 e. The molecule has 0 saturated heterocycles. The molecule has 0 amide bonds. The smallest absolute Gasteiger partial charge is 0.249 e. The van der Waals surface area contributed by atoms with Gasteiger partial charge in [-0.3, -0.25) is 0 Å². The zero-order chi connectivity index (χ0) is 13.1. The van der Waals surface area contributed by atoms with Crippen molar-refractivity contribution in [3.63, 3.8) is 0 Å². The first kappa shape index (κ1) is 12.0. The van der Waals surface area contributed by atoms with Gasteiger partial charge in [0.25, 0.3) is 5.95 Å². The minimum Gasteiger partial charge on any atom is -0.249 e. The summed E-state index contributed by atoms with van der Waals surface area (Å²) in [6.07, 6.45) is 4.58. The molecule has 0 aliphatic rings. The van der Waals surface area contributed by atoms with E-state index in [0.717, 1.165) is 5.03 Å². The van der Waals surface area contributed by atoms with Gasteiger partial charge in [-0.1, -0.05) is 6.07 Å². The molecule has 0 fully saturated rings. The highest BCUT2D eigenvalue weighted by Gasteiger charge is 2.09. The predicted octanol–water partition coefficient (Wildman–Crippen LogP) is 1.65. The van der Waals surface area contributed by atoms with Crippen LogP contribution in [0.25, 0.3) is 5.95 Å². The molecular weight excluding hydrogens is 286 g/mol. The Labute approximate surface area is 117 Å². The summed E-state index contributed by atoms with van der Waals surface area (Å²) in [6.45, 7) is 0. The van der Waals surface area contributed by atoms with Crippen LogP contribution in [0.1, 0.15) is 0 Å². The summed E-state index contributed by atoms with van der Waals surface area (Å²) < 4.78 is 1.41. The van der Waals surface area contributed by atoms with Gasteiger partial charge in [0.2, 0.25) is 5.28 Å². The van der Waals surface area contributed by atoms with Crippen LogP contribution >= 0.6 is 23.4 Å². The maximum absolute atomic E-state index is 5.88. The van der Waals surface area contributed by atoms with E-state index in [1.54, 1.807) is 6.20 Å². The second-order valence-corrected chi connectivity index (χ2v) is 4.62. The van der Waals surface area contributed by atoms with Crippen LogP contribution in [-0.2, 0) is 0 Å². The Hall–Kier alpha value is -2.06. The van der Waals surface area contributed by atoms with Gasteiger partial charge in [0.05, 0.1) is 0 Å². The van der Waals surface area contributed by atoms with Crippen molar-refractivity contribution in [2.75, 3.05) is 0 Å². The van der Waals surface area contributed by atoms with Crippen LogP contribution < -0.4 is 0 Å². The second-order valence-electron chi connectivity index (χ2n) is 3.30. The zero-order valence-electron chi connectivity index (χ0n) is 9.38. The summed E-state index contributed by atoms with van der Waals surface area (Å²) >= 11 is 7.17. The third-order valence-electron chi connectivity index (χ3n) is 2.03. The summed E-state index contributed by atoms with van der Waals surface area (Å²) in [5.41, 5.74) is 0. The molecule has 0 unspecified atom stereocenters. The average molecular weight is 292 g/mol. The average Bonchev–Trinajstić information content (AvgIpc) is 2.93. The van der Waals surface area contributed by atoms with Crippen LogP contribution in [0.2, 0.25) is 5.28 Å². The molecule has 0 atom stereocenters. The minimum absolute atomic E-state index is 0.0962. The number of nitrogens with zero attached hydrogens (tertiary/aromatic N) is 7. The monoisotopic (exact) mass is 291 g/mol. The molecule has 3 aromatic rings. The summed E-state index contributed by atoms with van der Waals surface area (Å²) in [5, 5.41) is 5.26. The lowest BCUT2D eigenvalue weighted by atomic mass is 10.5. The quantitative estimate of drug-likeness (QED) is 0.725. The van der Waals surface area contributed by atoms with Gasteiger partial charge in [-0.2, -0.15) is 24.7 Å². The fourth-order valence-electron chi connectivity index (χ4n) is 1.28. The molecule has 0 bridgehead atoms. The SMILES string of the molecule is Clc1nc(Sc2ccccn2)nc(-n2cncn2)n1. The summed E-state index contributed by atoms with van der Waals surface area (Å²) in [4.78, 5) is 20.3. The molecule has 0 N–H and O–H groups in total. The molecule has 0 aromatic carbocycles. The Kier molecular flexibility index (Phi) is 3.34. The van der Waals surface area contributed by atoms with E-state index < -0.39 is 0 Å². The fourth-order valence-corrected chi connectivity index (χ4v) is 2.19. The van der Waals surface area contributed by atoms with E-state index >= 15 is 0 Å². The lowest BCUT2D eigenvalue weighted by Gasteiger charge is -2.02. The first-order valence-electron chi connectivity index (χ1n) is 5.17. The van der Waals surface area contributed by atoms with Crippen LogP contribution in [0.5, 0.6) is 0 Å². The number of halogens is 1. The highest BCUT2D eigenvalue weighted by atomic mass is 35.5. The van der Waals surface area contributed by atoms with Crippen LogP contribution in [0, 0.1) is 0 Å². The van der Waals surface area contributed by atoms with Gasteiger partial charge in [-0.05, 0) is 35.5 Å². The number of hydrogen-bond acceptors (Lipinski definition) is 7. The van der Waals surface area contributed by atoms with Crippen LogP contribution in [0.3, 0.4) is 0 Å². The van der Waals surface area contributed by atoms with E-state index in [1.807, 2.05) is 18.2 Å². The third kappa shape index (κ3) is 2.85. The van der Waals surface area contributed by atoms with Crippen molar-refractivity contribution in [3.8, 4) is 5.95 Å². The van der Waals surface area contributed by atoms with Gasteiger partial charge in [0.1, 0.15) is 17.7 Å². The van der Waals surface area contributed by atoms with Crippen molar-refractivity contribution in [1.29, 1.82) is 0 Å². The summed E-state index contributed by atoms with van der Waals surface area (Å²) in [7, 11) is 0. The molecule has 0 aliphatic carbocycles. The Bertz CT molecular complexity index is 674. The largest absolute Gasteiger partial charge is 0.257 e. The Morgan fingerprint density at radius 1 is 1.16 bits per heavy atom. The van der Waals surface area contributed by atoms with Crippen molar-refractivity contribution in [2.24, 2.45) is 0 Å². The first-order valence-corrected chi connectivity index (χ1v) is 6.36. The standard InChI is InChI=1S/C10H6ClN7S/c11-8-15-9(18-6-12-5-14-18)17-10(16-8)19-7-3-1-2-4-13-7/h1-6H. The van der Waals surface area contributed by atoms with Gasteiger partial charge in [-0.15, -0.1) is 0 Å². The van der Waals surface area contributed by atoms with Gasteiger partial charge in [-0.25, -0.2) is 9.97 Å². The lowest BCUT2D eigenvalue weighted by molar-refractivity contribution is 0.757. The van der Waals surface area contributed by atoms with Crippen LogP contribution in [0.4, 0.5) is 0 Å². The lowest BCUT2D eigenvalue weighted by Crippen LogP contribution is -2.04. The maximum atomic E-state index is 5.88. The number of aromatic nitrogens is 7. The minimum atomic E-state index is 0.0962. The molecule has 3 aromatic heterocycles. The van der Waals surface area contributed by atoms with E-state index in [4.69, 9.17) is 11.6 Å². The zero-order valence-corrected chi connectivity index (χ0v) is 11.0. The molecule has 94 valence electrons. The number of pyridine rings is 1. The van der Waals surface area contributed by atoms with E-state index in [2.05, 4.69) is 30.0 Å². The predicted molar refractivity (Wildman–Crippen MR) is 68.1 cm³/mol. The molecule has 0 aliphatic heterocycles. The first-order chi connectivity index (χ1) is 9.31. The second kappa shape index (κ2) is 5.29. The fraction of sp³-hybridized carbons (Fsp3) is 0. The molecule has 19 heavy (non-hydrogen) atoms. The van der Waals surface area contributed by atoms with Gasteiger partial charge in [0, 0.05) is 6.20 Å². The van der Waals surface area contributed by atoms with Gasteiger partial charge < -0.3 is 0 Å². The van der Waals surface area contributed by atoms with Crippen LogP contribution in [0.15, 0.2) is 47.2 Å². The van der Waals surface area contributed by atoms with E-state index in [9.17, 15) is 0 Å². The molecular formula is C10H6ClN7S. The van der Waals surface area contributed by atoms with Crippen molar-refractivity contribution >= 4 is 23.4 Å². The van der Waals surface area contributed by atoms with Crippen molar-refractivity contribution < 1.29 is 0 Å². The number of hydrogen-bond donors (Lipinski definition) is 0. The highest BCUT2D eigenvalue weighted by molar-refractivity contribution is 7.99. The van der Waals surface area contributed by atoms with Crippen LogP contribution in [-0.4, -0.2) is 34.7 Å². The van der Waals surface area contributed by atoms with E-state index in [0.29, 0.717) is 11.1 Å². The molecule has 3 heterocycles. The van der Waals surface area contributed by atoms with Gasteiger partial charge >= 0.3 is 0 Å². The topological polar surface area (TPSA) is 82.3 Å². The highest BCUT2D eigenvalue weighted by Crippen LogP contribution is 2.23. The molecule has 7 nitrogen and oxygen atoms in total. The number of rotatable bonds is 3. The van der Waals surface area contributed by atoms with E-state index in [1.165, 1.54) is 29.1 Å². The Morgan fingerprint density at radius 3 is 2.84 bits per heavy atom. The molecule has 3 rings (SSSR count). The third-order valence-corrected chi connectivity index (χ3v) is 3.02. The Balaban J connectivity index is 1.94.